The van der Waals surface area contributed by atoms with Gasteiger partial charge in [-0.3, -0.25) is 4.79 Å². The summed E-state index contributed by atoms with van der Waals surface area (Å²) in [5.41, 5.74) is 2.41. The van der Waals surface area contributed by atoms with Crippen LogP contribution in [-0.4, -0.2) is 30.7 Å². The highest BCUT2D eigenvalue weighted by molar-refractivity contribution is 6.00. The largest absolute Gasteiger partial charge is 0.384 e. The van der Waals surface area contributed by atoms with E-state index in [9.17, 15) is 4.79 Å². The third-order valence-corrected chi connectivity index (χ3v) is 4.27. The molecule has 4 heteroatoms. The highest BCUT2D eigenvalue weighted by atomic mass is 16.5. The second kappa shape index (κ2) is 6.48. The molecule has 2 N–H and O–H groups in total. The van der Waals surface area contributed by atoms with E-state index in [4.69, 9.17) is 4.74 Å². The van der Waals surface area contributed by atoms with Gasteiger partial charge in [0, 0.05) is 18.8 Å². The van der Waals surface area contributed by atoms with Crippen molar-refractivity contribution in [3.05, 3.63) is 29.3 Å². The molecule has 1 aliphatic rings. The zero-order chi connectivity index (χ0) is 15.5. The molecule has 1 aliphatic heterocycles. The number of carbonyl (C=O) groups excluding carboxylic acids is 1. The van der Waals surface area contributed by atoms with Gasteiger partial charge in [0.2, 0.25) is 0 Å². The van der Waals surface area contributed by atoms with Crippen LogP contribution < -0.4 is 10.6 Å². The van der Waals surface area contributed by atoms with Gasteiger partial charge in [-0.1, -0.05) is 18.6 Å². The molecule has 0 saturated carbocycles. The summed E-state index contributed by atoms with van der Waals surface area (Å²) in [5.74, 6) is -0.0304. The van der Waals surface area contributed by atoms with Crippen LogP contribution in [0.15, 0.2) is 18.2 Å². The van der Waals surface area contributed by atoms with Crippen LogP contribution in [-0.2, 0) is 4.74 Å². The van der Waals surface area contributed by atoms with Crippen LogP contribution in [0.5, 0.6) is 0 Å². The topological polar surface area (TPSA) is 50.4 Å². The first-order valence-corrected chi connectivity index (χ1v) is 7.75. The van der Waals surface area contributed by atoms with Crippen molar-refractivity contribution < 1.29 is 9.53 Å². The number of benzene rings is 1. The van der Waals surface area contributed by atoms with Crippen molar-refractivity contribution in [3.8, 4) is 0 Å². The van der Waals surface area contributed by atoms with Crippen LogP contribution >= 0.6 is 0 Å². The van der Waals surface area contributed by atoms with E-state index in [1.807, 2.05) is 32.0 Å². The second-order valence-electron chi connectivity index (χ2n) is 6.11. The van der Waals surface area contributed by atoms with Crippen molar-refractivity contribution in [2.75, 3.05) is 18.5 Å². The maximum Gasteiger partial charge on any atom is 0.253 e. The molecule has 116 valence electrons. The lowest BCUT2D eigenvalue weighted by Crippen LogP contribution is -2.50. The smallest absolute Gasteiger partial charge is 0.253 e. The highest BCUT2D eigenvalue weighted by Crippen LogP contribution is 2.26. The molecule has 1 amide bonds. The van der Waals surface area contributed by atoms with Crippen LogP contribution in [0.1, 0.15) is 49.5 Å². The first-order chi connectivity index (χ1) is 9.96. The summed E-state index contributed by atoms with van der Waals surface area (Å²) in [7, 11) is 0. The lowest BCUT2D eigenvalue weighted by molar-refractivity contribution is 0.0728. The first-order valence-electron chi connectivity index (χ1n) is 7.75. The number of rotatable bonds is 5. The number of amides is 1. The van der Waals surface area contributed by atoms with Gasteiger partial charge < -0.3 is 15.4 Å². The average Bonchev–Trinajstić information content (AvgIpc) is 2.77. The van der Waals surface area contributed by atoms with Crippen molar-refractivity contribution in [2.45, 2.75) is 52.2 Å². The van der Waals surface area contributed by atoms with E-state index >= 15 is 0 Å². The van der Waals surface area contributed by atoms with Gasteiger partial charge in [-0.25, -0.2) is 0 Å². The molecule has 0 bridgehead atoms. The number of carbonyl (C=O) groups is 1. The minimum absolute atomic E-state index is 0.0304. The Hall–Kier alpha value is -1.55. The first kappa shape index (κ1) is 15.8. The lowest BCUT2D eigenvalue weighted by atomic mass is 9.94. The fraction of sp³-hybridized carbons (Fsp3) is 0.588. The monoisotopic (exact) mass is 290 g/mol. The van der Waals surface area contributed by atoms with Gasteiger partial charge in [-0.05, 0) is 45.7 Å². The molecule has 1 fully saturated rings. The van der Waals surface area contributed by atoms with Crippen LogP contribution in [0.25, 0.3) is 0 Å². The van der Waals surface area contributed by atoms with Crippen molar-refractivity contribution in [1.82, 2.24) is 5.32 Å². The Kier molecular flexibility index (Phi) is 4.88. The van der Waals surface area contributed by atoms with Gasteiger partial charge in [0.1, 0.15) is 0 Å². The predicted octanol–water partition coefficient (Wildman–Crippen LogP) is 3.11. The summed E-state index contributed by atoms with van der Waals surface area (Å²) in [6, 6.07) is 5.95. The molecular weight excluding hydrogens is 264 g/mol. The minimum atomic E-state index is -0.289. The molecular formula is C17H26N2O2. The molecule has 1 aromatic carbocycles. The summed E-state index contributed by atoms with van der Waals surface area (Å²) in [5, 5.41) is 6.49. The number of ether oxygens (including phenoxy) is 1. The summed E-state index contributed by atoms with van der Waals surface area (Å²) < 4.78 is 5.59. The third kappa shape index (κ3) is 3.56. The zero-order valence-electron chi connectivity index (χ0n) is 13.5. The van der Waals surface area contributed by atoms with Gasteiger partial charge in [0.25, 0.3) is 5.91 Å². The van der Waals surface area contributed by atoms with Crippen molar-refractivity contribution in [1.29, 1.82) is 0 Å². The molecule has 2 rings (SSSR count). The van der Waals surface area contributed by atoms with Gasteiger partial charge in [-0.15, -0.1) is 0 Å². The van der Waals surface area contributed by atoms with Gasteiger partial charge in [0.05, 0.1) is 17.2 Å². The molecule has 1 heterocycles. The minimum Gasteiger partial charge on any atom is -0.384 e. The van der Waals surface area contributed by atoms with E-state index in [1.54, 1.807) is 0 Å². The van der Waals surface area contributed by atoms with Crippen molar-refractivity contribution in [2.24, 2.45) is 0 Å². The molecule has 1 aromatic rings. The molecule has 0 aromatic heterocycles. The van der Waals surface area contributed by atoms with Crippen LogP contribution in [0.2, 0.25) is 0 Å². The van der Waals surface area contributed by atoms with E-state index in [0.29, 0.717) is 12.2 Å². The van der Waals surface area contributed by atoms with E-state index in [1.165, 1.54) is 0 Å². The fourth-order valence-electron chi connectivity index (χ4n) is 2.59. The van der Waals surface area contributed by atoms with E-state index in [2.05, 4.69) is 24.5 Å². The van der Waals surface area contributed by atoms with Crippen LogP contribution in [0, 0.1) is 6.92 Å². The predicted molar refractivity (Wildman–Crippen MR) is 85.9 cm³/mol. The molecule has 2 atom stereocenters. The Labute approximate surface area is 127 Å². The fourth-order valence-corrected chi connectivity index (χ4v) is 2.59. The third-order valence-electron chi connectivity index (χ3n) is 4.27. The highest BCUT2D eigenvalue weighted by Gasteiger charge is 2.38. The van der Waals surface area contributed by atoms with Crippen molar-refractivity contribution >= 4 is 11.6 Å². The Morgan fingerprint density at radius 2 is 2.24 bits per heavy atom. The van der Waals surface area contributed by atoms with Gasteiger partial charge in [0.15, 0.2) is 0 Å². The van der Waals surface area contributed by atoms with E-state index < -0.39 is 0 Å². The Morgan fingerprint density at radius 3 is 2.86 bits per heavy atom. The zero-order valence-corrected chi connectivity index (χ0v) is 13.5. The molecule has 1 saturated heterocycles. The summed E-state index contributed by atoms with van der Waals surface area (Å²) in [6.45, 7) is 9.74. The Morgan fingerprint density at radius 1 is 1.48 bits per heavy atom. The lowest BCUT2D eigenvalue weighted by Gasteiger charge is -2.29. The normalized spacial score (nSPS) is 24.9. The molecule has 0 spiro atoms. The van der Waals surface area contributed by atoms with E-state index in [0.717, 1.165) is 30.6 Å². The van der Waals surface area contributed by atoms with Gasteiger partial charge >= 0.3 is 0 Å². The number of aryl methyl sites for hydroxylation is 1. The maximum atomic E-state index is 12.7. The molecule has 21 heavy (non-hydrogen) atoms. The number of nitrogens with one attached hydrogen (secondary N) is 2. The molecule has 0 radical (unpaired) electrons. The van der Waals surface area contributed by atoms with Gasteiger partial charge in [-0.2, -0.15) is 0 Å². The Bertz CT molecular complexity index is 516. The second-order valence-corrected chi connectivity index (χ2v) is 6.11. The van der Waals surface area contributed by atoms with Crippen molar-refractivity contribution in [3.63, 3.8) is 0 Å². The van der Waals surface area contributed by atoms with Crippen LogP contribution in [0.3, 0.4) is 0 Å². The summed E-state index contributed by atoms with van der Waals surface area (Å²) in [6.07, 6.45) is 1.92. The molecule has 2 unspecified atom stereocenters. The summed E-state index contributed by atoms with van der Waals surface area (Å²) >= 11 is 0. The standard InChI is InChI=1S/C17H26N2O2/c1-5-9-18-15-7-6-12(2)11-14(15)16(20)19-17(4)8-10-21-13(17)3/h6-7,11,13,18H,5,8-10H2,1-4H3,(H,19,20). The molecule has 0 aliphatic carbocycles. The van der Waals surface area contributed by atoms with E-state index in [-0.39, 0.29) is 17.6 Å². The maximum absolute atomic E-state index is 12.7. The number of hydrogen-bond acceptors (Lipinski definition) is 3. The molecule has 4 nitrogen and oxygen atoms in total. The quantitative estimate of drug-likeness (QED) is 0.876. The van der Waals surface area contributed by atoms with Crippen LogP contribution in [0.4, 0.5) is 5.69 Å². The number of anilines is 1. The Balaban J connectivity index is 2.19. The number of hydrogen-bond donors (Lipinski definition) is 2. The average molecular weight is 290 g/mol. The SMILES string of the molecule is CCCNc1ccc(C)cc1C(=O)NC1(C)CCOC1C. The summed E-state index contributed by atoms with van der Waals surface area (Å²) in [4.78, 5) is 12.7.